The van der Waals surface area contributed by atoms with Crippen molar-refractivity contribution in [1.82, 2.24) is 20.2 Å². The number of morpholine rings is 1. The molecule has 4 aliphatic rings. The number of thiophene rings is 1. The minimum Gasteiger partial charge on any atom is -0.463 e. The summed E-state index contributed by atoms with van der Waals surface area (Å²) in [6.07, 6.45) is 5.28. The molecule has 0 spiro atoms. The van der Waals surface area contributed by atoms with Crippen LogP contribution in [0.2, 0.25) is 0 Å². The number of anilines is 2. The number of hydrogen-bond donors (Lipinski definition) is 2. The molecule has 2 aromatic heterocycles. The Bertz CT molecular complexity index is 1970. The van der Waals surface area contributed by atoms with E-state index >= 15 is 4.39 Å². The van der Waals surface area contributed by atoms with E-state index in [-0.39, 0.29) is 66.4 Å². The lowest BCUT2D eigenvalue weighted by Gasteiger charge is -2.45. The van der Waals surface area contributed by atoms with Crippen molar-refractivity contribution in [2.45, 2.75) is 44.2 Å². The first-order valence-electron chi connectivity index (χ1n) is 16.2. The molecule has 8 rings (SSSR count). The first-order valence-corrected chi connectivity index (χ1v) is 17.0. The number of benzene rings is 2. The van der Waals surface area contributed by atoms with E-state index in [9.17, 15) is 14.9 Å². The maximum absolute atomic E-state index is 17.1. The van der Waals surface area contributed by atoms with Crippen LogP contribution in [0.3, 0.4) is 0 Å². The van der Waals surface area contributed by atoms with E-state index < -0.39 is 11.6 Å². The van der Waals surface area contributed by atoms with E-state index in [1.165, 1.54) is 12.1 Å². The highest BCUT2D eigenvalue weighted by Crippen LogP contribution is 2.45. The molecule has 4 fully saturated rings. The van der Waals surface area contributed by atoms with Crippen LogP contribution < -0.4 is 20.7 Å². The molecule has 1 aliphatic carbocycles. The second kappa shape index (κ2) is 11.8. The van der Waals surface area contributed by atoms with Gasteiger partial charge in [-0.1, -0.05) is 12.5 Å². The topological polar surface area (TPSA) is 136 Å². The Hall–Kier alpha value is -4.14. The fourth-order valence-electron chi connectivity index (χ4n) is 7.80. The SMILES string of the molecule is N#Cc1cc2c(N3CC4CCC(C3)N4)nc(OCC3(CN4CCOCC4)CCC3)nc2c(F)c1-c1ccc(F)c2sc(N)c(C#N)c12. The zero-order valence-corrected chi connectivity index (χ0v) is 26.6. The number of rotatable bonds is 7. The fraction of sp³-hybridized carbons (Fsp3) is 0.471. The van der Waals surface area contributed by atoms with Crippen molar-refractivity contribution in [2.75, 3.05) is 63.2 Å². The van der Waals surface area contributed by atoms with Crippen LogP contribution in [-0.2, 0) is 4.74 Å². The summed E-state index contributed by atoms with van der Waals surface area (Å²) >= 11 is 0.927. The molecule has 3 N–H and O–H groups in total. The highest BCUT2D eigenvalue weighted by atomic mass is 32.1. The highest BCUT2D eigenvalue weighted by molar-refractivity contribution is 7.23. The number of piperazine rings is 1. The van der Waals surface area contributed by atoms with Gasteiger partial charge in [0.15, 0.2) is 5.82 Å². The number of fused-ring (bicyclic) bond motifs is 4. The molecule has 3 aliphatic heterocycles. The van der Waals surface area contributed by atoms with Gasteiger partial charge in [-0.25, -0.2) is 8.78 Å². The van der Waals surface area contributed by atoms with Crippen molar-refractivity contribution in [3.63, 3.8) is 0 Å². The molecule has 0 amide bonds. The third-order valence-corrected chi connectivity index (χ3v) is 11.3. The van der Waals surface area contributed by atoms with Gasteiger partial charge in [0.1, 0.15) is 28.2 Å². The van der Waals surface area contributed by atoms with Gasteiger partial charge in [0.25, 0.3) is 0 Å². The van der Waals surface area contributed by atoms with Crippen LogP contribution in [0.15, 0.2) is 18.2 Å². The number of aromatic nitrogens is 2. The highest BCUT2D eigenvalue weighted by Gasteiger charge is 2.40. The second-order valence-electron chi connectivity index (χ2n) is 13.3. The summed E-state index contributed by atoms with van der Waals surface area (Å²) in [6.45, 7) is 5.90. The molecule has 2 bridgehead atoms. The molecule has 242 valence electrons. The van der Waals surface area contributed by atoms with Crippen LogP contribution in [0.1, 0.15) is 43.2 Å². The largest absolute Gasteiger partial charge is 0.463 e. The Balaban J connectivity index is 1.26. The molecule has 5 heterocycles. The number of ether oxygens (including phenoxy) is 2. The Kier molecular flexibility index (Phi) is 7.60. The first kappa shape index (κ1) is 30.2. The molecule has 2 unspecified atom stereocenters. The van der Waals surface area contributed by atoms with E-state index in [2.05, 4.69) is 26.2 Å². The molecule has 1 saturated carbocycles. The Morgan fingerprint density at radius 2 is 1.87 bits per heavy atom. The molecule has 2 atom stereocenters. The monoisotopic (exact) mass is 656 g/mol. The predicted molar refractivity (Wildman–Crippen MR) is 175 cm³/mol. The average Bonchev–Trinajstić information content (AvgIpc) is 3.60. The number of hydrogen-bond acceptors (Lipinski definition) is 11. The number of nitrogens with one attached hydrogen (secondary N) is 1. The molecule has 13 heteroatoms. The summed E-state index contributed by atoms with van der Waals surface area (Å²) in [5.41, 5.74) is 6.30. The quantitative estimate of drug-likeness (QED) is 0.282. The molecule has 10 nitrogen and oxygen atoms in total. The fourth-order valence-corrected chi connectivity index (χ4v) is 8.75. The number of nitrogens with zero attached hydrogens (tertiary/aromatic N) is 6. The zero-order valence-electron chi connectivity index (χ0n) is 25.8. The third kappa shape index (κ3) is 5.22. The normalized spacial score (nSPS) is 22.3. The van der Waals surface area contributed by atoms with Gasteiger partial charge in [0.2, 0.25) is 0 Å². The van der Waals surface area contributed by atoms with Crippen LogP contribution in [0.4, 0.5) is 19.6 Å². The number of nitrogen functional groups attached to an aromatic ring is 1. The minimum atomic E-state index is -0.751. The van der Waals surface area contributed by atoms with Gasteiger partial charge < -0.3 is 25.4 Å². The van der Waals surface area contributed by atoms with E-state index in [0.717, 1.165) is 76.3 Å². The van der Waals surface area contributed by atoms with Gasteiger partial charge in [-0.2, -0.15) is 20.5 Å². The van der Waals surface area contributed by atoms with Gasteiger partial charge in [0.05, 0.1) is 41.7 Å². The summed E-state index contributed by atoms with van der Waals surface area (Å²) < 4.78 is 44.1. The van der Waals surface area contributed by atoms with Crippen molar-refractivity contribution in [3.05, 3.63) is 41.0 Å². The Morgan fingerprint density at radius 1 is 1.11 bits per heavy atom. The zero-order chi connectivity index (χ0) is 32.3. The molecule has 3 saturated heterocycles. The molecule has 4 aromatic rings. The number of halogens is 2. The summed E-state index contributed by atoms with van der Waals surface area (Å²) in [4.78, 5) is 14.1. The third-order valence-electron chi connectivity index (χ3n) is 10.3. The van der Waals surface area contributed by atoms with Crippen molar-refractivity contribution in [3.8, 4) is 29.3 Å². The predicted octanol–water partition coefficient (Wildman–Crippen LogP) is 4.94. The van der Waals surface area contributed by atoms with Crippen LogP contribution in [-0.4, -0.2) is 79.5 Å². The van der Waals surface area contributed by atoms with Gasteiger partial charge >= 0.3 is 6.01 Å². The lowest BCUT2D eigenvalue weighted by Crippen LogP contribution is -2.51. The van der Waals surface area contributed by atoms with Gasteiger partial charge in [-0.15, -0.1) is 11.3 Å². The van der Waals surface area contributed by atoms with Crippen molar-refractivity contribution in [2.24, 2.45) is 5.41 Å². The number of nitrogens with two attached hydrogens (primary N) is 1. The summed E-state index contributed by atoms with van der Waals surface area (Å²) in [6, 6.07) is 9.07. The maximum Gasteiger partial charge on any atom is 0.319 e. The van der Waals surface area contributed by atoms with Gasteiger partial charge in [-0.3, -0.25) is 4.90 Å². The lowest BCUT2D eigenvalue weighted by atomic mass is 9.69. The van der Waals surface area contributed by atoms with E-state index in [1.807, 2.05) is 6.07 Å². The van der Waals surface area contributed by atoms with Crippen LogP contribution >= 0.6 is 11.3 Å². The van der Waals surface area contributed by atoms with Crippen LogP contribution in [0, 0.1) is 39.7 Å². The Labute approximate surface area is 274 Å². The van der Waals surface area contributed by atoms with Gasteiger partial charge in [0, 0.05) is 66.6 Å². The minimum absolute atomic E-state index is 0.0138. The molecule has 0 radical (unpaired) electrons. The van der Waals surface area contributed by atoms with E-state index in [4.69, 9.17) is 20.2 Å². The number of nitriles is 2. The Morgan fingerprint density at radius 3 is 2.55 bits per heavy atom. The van der Waals surface area contributed by atoms with E-state index in [0.29, 0.717) is 30.9 Å². The molecule has 47 heavy (non-hydrogen) atoms. The van der Waals surface area contributed by atoms with Crippen molar-refractivity contribution >= 4 is 43.1 Å². The summed E-state index contributed by atoms with van der Waals surface area (Å²) in [5, 5.41) is 24.6. The first-order chi connectivity index (χ1) is 22.9. The summed E-state index contributed by atoms with van der Waals surface area (Å²) in [7, 11) is 0. The van der Waals surface area contributed by atoms with Crippen LogP contribution in [0.25, 0.3) is 32.1 Å². The molecule has 2 aromatic carbocycles. The van der Waals surface area contributed by atoms with Crippen molar-refractivity contribution in [1.29, 1.82) is 10.5 Å². The molecular weight excluding hydrogens is 622 g/mol. The second-order valence-corrected chi connectivity index (χ2v) is 14.3. The standard InChI is InChI=1S/C34H34F2N8O2S/c35-25-5-4-22(27-24(14-38)31(39)47-30(25)27)26-19(13-37)12-23-29(28(26)36)41-33(42-32(23)44-15-20-2-3-21(16-44)40-20)46-18-34(6-1-7-34)17-43-8-10-45-11-9-43/h4-5,12,20-21,40H,1-3,6-11,15-18,39H2. The smallest absolute Gasteiger partial charge is 0.319 e. The van der Waals surface area contributed by atoms with Gasteiger partial charge in [-0.05, 0) is 43.4 Å². The maximum atomic E-state index is 17.1. The average molecular weight is 657 g/mol. The summed E-state index contributed by atoms with van der Waals surface area (Å²) in [5.74, 6) is -0.792. The lowest BCUT2D eigenvalue weighted by molar-refractivity contribution is -0.0255. The van der Waals surface area contributed by atoms with Crippen molar-refractivity contribution < 1.29 is 18.3 Å². The molecular formula is C34H34F2N8O2S. The van der Waals surface area contributed by atoms with E-state index in [1.54, 1.807) is 6.07 Å². The van der Waals surface area contributed by atoms with Crippen LogP contribution in [0.5, 0.6) is 6.01 Å².